The highest BCUT2D eigenvalue weighted by molar-refractivity contribution is 9.10. The molecule has 102 valence electrons. The van der Waals surface area contributed by atoms with E-state index >= 15 is 0 Å². The zero-order valence-corrected chi connectivity index (χ0v) is 12.0. The number of hydrogen-bond acceptors (Lipinski definition) is 4. The fourth-order valence-electron chi connectivity index (χ4n) is 1.93. The number of aromatic nitrogens is 1. The van der Waals surface area contributed by atoms with Gasteiger partial charge in [-0.25, -0.2) is 4.98 Å². The molecule has 1 saturated heterocycles. The Hall–Kier alpha value is -1.47. The van der Waals surface area contributed by atoms with Crippen LogP contribution >= 0.6 is 15.9 Å². The van der Waals surface area contributed by atoms with Gasteiger partial charge in [0.1, 0.15) is 10.6 Å². The molecule has 0 aliphatic carbocycles. The van der Waals surface area contributed by atoms with Crippen LogP contribution in [0, 0.1) is 0 Å². The summed E-state index contributed by atoms with van der Waals surface area (Å²) in [5.41, 5.74) is 0.443. The van der Waals surface area contributed by atoms with Crippen LogP contribution in [-0.2, 0) is 9.53 Å². The van der Waals surface area contributed by atoms with Crippen LogP contribution in [0.15, 0.2) is 22.9 Å². The van der Waals surface area contributed by atoms with Gasteiger partial charge in [-0.15, -0.1) is 0 Å². The molecule has 1 unspecified atom stereocenters. The highest BCUT2D eigenvalue weighted by Crippen LogP contribution is 2.18. The van der Waals surface area contributed by atoms with E-state index in [4.69, 9.17) is 4.74 Å². The van der Waals surface area contributed by atoms with Crippen LogP contribution in [0.4, 0.5) is 0 Å². The molecule has 0 saturated carbocycles. The lowest BCUT2D eigenvalue weighted by Crippen LogP contribution is -2.55. The second-order valence-electron chi connectivity index (χ2n) is 4.05. The van der Waals surface area contributed by atoms with E-state index in [-0.39, 0.29) is 18.4 Å². The quantitative estimate of drug-likeness (QED) is 0.800. The summed E-state index contributed by atoms with van der Waals surface area (Å²) in [5, 5.41) is 2.55. The molecule has 0 spiro atoms. The number of halogens is 1. The third-order valence-electron chi connectivity index (χ3n) is 2.93. The topological polar surface area (TPSA) is 71.5 Å². The summed E-state index contributed by atoms with van der Waals surface area (Å²) in [6.45, 7) is 1.03. The average Bonchev–Trinajstić information content (AvgIpc) is 2.46. The molecule has 0 aromatic carbocycles. The van der Waals surface area contributed by atoms with Crippen LogP contribution in [0.1, 0.15) is 10.4 Å². The van der Waals surface area contributed by atoms with E-state index in [2.05, 4.69) is 26.2 Å². The number of morpholine rings is 1. The van der Waals surface area contributed by atoms with Crippen molar-refractivity contribution in [2.45, 2.75) is 6.04 Å². The zero-order chi connectivity index (χ0) is 13.8. The normalized spacial score (nSPS) is 19.1. The van der Waals surface area contributed by atoms with Crippen LogP contribution in [0.5, 0.6) is 0 Å². The number of nitrogens with one attached hydrogen (secondary N) is 1. The molecular weight excluding hydrogens is 314 g/mol. The van der Waals surface area contributed by atoms with Gasteiger partial charge in [0.2, 0.25) is 5.91 Å². The van der Waals surface area contributed by atoms with Crippen molar-refractivity contribution in [3.05, 3.63) is 28.5 Å². The summed E-state index contributed by atoms with van der Waals surface area (Å²) < 4.78 is 5.74. The molecule has 0 radical (unpaired) electrons. The number of rotatable bonds is 2. The van der Waals surface area contributed by atoms with Gasteiger partial charge < -0.3 is 15.0 Å². The van der Waals surface area contributed by atoms with Crippen LogP contribution < -0.4 is 5.32 Å². The van der Waals surface area contributed by atoms with Crippen molar-refractivity contribution in [1.29, 1.82) is 0 Å². The number of likely N-dealkylation sites (N-methyl/N-ethyl adjacent to an activating group) is 1. The number of ether oxygens (including phenoxy) is 1. The summed E-state index contributed by atoms with van der Waals surface area (Å²) in [6.07, 6.45) is 1.59. The Morgan fingerprint density at radius 3 is 3.05 bits per heavy atom. The Bertz CT molecular complexity index is 495. The van der Waals surface area contributed by atoms with Gasteiger partial charge in [0.15, 0.2) is 0 Å². The number of carbonyl (C=O) groups is 2. The Kier molecular flexibility index (Phi) is 4.49. The number of amides is 2. The van der Waals surface area contributed by atoms with E-state index in [9.17, 15) is 9.59 Å². The highest BCUT2D eigenvalue weighted by atomic mass is 79.9. The van der Waals surface area contributed by atoms with Gasteiger partial charge in [-0.2, -0.15) is 0 Å². The average molecular weight is 328 g/mol. The summed E-state index contributed by atoms with van der Waals surface area (Å²) in [5.74, 6) is -0.454. The van der Waals surface area contributed by atoms with Gasteiger partial charge in [0, 0.05) is 19.8 Å². The first-order chi connectivity index (χ1) is 9.15. The van der Waals surface area contributed by atoms with Gasteiger partial charge >= 0.3 is 0 Å². The predicted octanol–water partition coefficient (Wildman–Crippen LogP) is 0.431. The molecule has 0 bridgehead atoms. The molecule has 1 atom stereocenters. The molecule has 19 heavy (non-hydrogen) atoms. The van der Waals surface area contributed by atoms with Crippen molar-refractivity contribution in [3.8, 4) is 0 Å². The van der Waals surface area contributed by atoms with Gasteiger partial charge in [0.05, 0.1) is 18.8 Å². The zero-order valence-electron chi connectivity index (χ0n) is 10.4. The molecule has 6 nitrogen and oxygen atoms in total. The van der Waals surface area contributed by atoms with Crippen molar-refractivity contribution < 1.29 is 14.3 Å². The van der Waals surface area contributed by atoms with Gasteiger partial charge in [0.25, 0.3) is 5.91 Å². The lowest BCUT2D eigenvalue weighted by Gasteiger charge is -2.34. The molecule has 1 aliphatic heterocycles. The third-order valence-corrected chi connectivity index (χ3v) is 3.56. The molecule has 1 N–H and O–H groups in total. The van der Waals surface area contributed by atoms with Crippen LogP contribution in [0.25, 0.3) is 0 Å². The second-order valence-corrected chi connectivity index (χ2v) is 4.80. The maximum absolute atomic E-state index is 12.5. The molecular formula is C12H14BrN3O3. The van der Waals surface area contributed by atoms with Crippen LogP contribution in [0.3, 0.4) is 0 Å². The lowest BCUT2D eigenvalue weighted by molar-refractivity contribution is -0.130. The molecule has 1 aromatic rings. The van der Waals surface area contributed by atoms with Crippen molar-refractivity contribution in [2.24, 2.45) is 0 Å². The predicted molar refractivity (Wildman–Crippen MR) is 71.6 cm³/mol. The maximum atomic E-state index is 12.5. The highest BCUT2D eigenvalue weighted by Gasteiger charge is 2.33. The minimum Gasteiger partial charge on any atom is -0.377 e. The number of carbonyl (C=O) groups excluding carboxylic acids is 2. The molecule has 1 aliphatic rings. The van der Waals surface area contributed by atoms with E-state index in [0.29, 0.717) is 23.3 Å². The Morgan fingerprint density at radius 2 is 2.37 bits per heavy atom. The Labute approximate surface area is 119 Å². The van der Waals surface area contributed by atoms with E-state index < -0.39 is 6.04 Å². The molecule has 1 aromatic heterocycles. The van der Waals surface area contributed by atoms with Gasteiger partial charge in [-0.1, -0.05) is 0 Å². The fourth-order valence-corrected chi connectivity index (χ4v) is 2.35. The smallest absolute Gasteiger partial charge is 0.257 e. The Morgan fingerprint density at radius 1 is 1.58 bits per heavy atom. The van der Waals surface area contributed by atoms with Crippen LogP contribution in [-0.4, -0.2) is 54.5 Å². The first-order valence-corrected chi connectivity index (χ1v) is 6.65. The molecule has 1 fully saturated rings. The second kappa shape index (κ2) is 6.12. The summed E-state index contributed by atoms with van der Waals surface area (Å²) in [4.78, 5) is 29.8. The lowest BCUT2D eigenvalue weighted by atomic mass is 10.1. The first-order valence-electron chi connectivity index (χ1n) is 5.86. The summed E-state index contributed by atoms with van der Waals surface area (Å²) in [6, 6.07) is 2.77. The minimum atomic E-state index is -0.599. The molecule has 7 heteroatoms. The van der Waals surface area contributed by atoms with E-state index in [1.807, 2.05) is 0 Å². The van der Waals surface area contributed by atoms with Crippen LogP contribution in [0.2, 0.25) is 0 Å². The molecule has 2 heterocycles. The van der Waals surface area contributed by atoms with E-state index in [1.54, 1.807) is 25.4 Å². The molecule has 2 amide bonds. The van der Waals surface area contributed by atoms with Crippen molar-refractivity contribution in [2.75, 3.05) is 26.8 Å². The Balaban J connectivity index is 2.25. The van der Waals surface area contributed by atoms with Crippen molar-refractivity contribution >= 4 is 27.7 Å². The first kappa shape index (κ1) is 14.0. The number of nitrogens with zero attached hydrogens (tertiary/aromatic N) is 2. The largest absolute Gasteiger partial charge is 0.377 e. The van der Waals surface area contributed by atoms with E-state index in [0.717, 1.165) is 0 Å². The van der Waals surface area contributed by atoms with Crippen molar-refractivity contribution in [1.82, 2.24) is 15.2 Å². The van der Waals surface area contributed by atoms with Gasteiger partial charge in [-0.3, -0.25) is 9.59 Å². The number of pyridine rings is 1. The maximum Gasteiger partial charge on any atom is 0.257 e. The summed E-state index contributed by atoms with van der Waals surface area (Å²) >= 11 is 3.25. The standard InChI is InChI=1S/C12H14BrN3O3/c1-14-11(17)9-7-19-6-5-16(9)12(18)8-3-2-4-15-10(8)13/h2-4,9H,5-7H2,1H3,(H,14,17). The SMILES string of the molecule is CNC(=O)C1COCCN1C(=O)c1cccnc1Br. The molecule has 2 rings (SSSR count). The van der Waals surface area contributed by atoms with Gasteiger partial charge in [-0.05, 0) is 28.1 Å². The summed E-state index contributed by atoms with van der Waals surface area (Å²) in [7, 11) is 1.54. The monoisotopic (exact) mass is 327 g/mol. The number of hydrogen-bond donors (Lipinski definition) is 1. The minimum absolute atomic E-state index is 0.212. The third kappa shape index (κ3) is 2.93. The fraction of sp³-hybridized carbons (Fsp3) is 0.417. The van der Waals surface area contributed by atoms with E-state index in [1.165, 1.54) is 4.90 Å². The van der Waals surface area contributed by atoms with Crippen molar-refractivity contribution in [3.63, 3.8) is 0 Å².